The van der Waals surface area contributed by atoms with E-state index < -0.39 is 0 Å². The lowest BCUT2D eigenvalue weighted by molar-refractivity contribution is 0.114. The fourth-order valence-corrected chi connectivity index (χ4v) is 8.15. The Morgan fingerprint density at radius 1 is 1.06 bits per heavy atom. The predicted octanol–water partition coefficient (Wildman–Crippen LogP) is 13.1. The fourth-order valence-electron chi connectivity index (χ4n) is 8.15. The van der Waals surface area contributed by atoms with Gasteiger partial charge in [-0.3, -0.25) is 5.32 Å². The van der Waals surface area contributed by atoms with Gasteiger partial charge in [-0.2, -0.15) is 5.26 Å². The number of hydrogen-bond acceptors (Lipinski definition) is 3. The first-order valence-electron chi connectivity index (χ1n) is 18.5. The van der Waals surface area contributed by atoms with Gasteiger partial charge in [0.1, 0.15) is 0 Å². The topological polar surface area (TPSA) is 47.8 Å². The van der Waals surface area contributed by atoms with Crippen LogP contribution in [-0.2, 0) is 11.8 Å². The second-order valence-corrected chi connectivity index (χ2v) is 16.3. The van der Waals surface area contributed by atoms with Crippen molar-refractivity contribution in [1.29, 1.82) is 5.26 Å². The van der Waals surface area contributed by atoms with Crippen LogP contribution in [0, 0.1) is 39.5 Å². The Morgan fingerprint density at radius 3 is 2.17 bits per heavy atom. The van der Waals surface area contributed by atoms with Gasteiger partial charge in [0.2, 0.25) is 0 Å². The van der Waals surface area contributed by atoms with E-state index in [4.69, 9.17) is 5.26 Å². The van der Waals surface area contributed by atoms with Crippen LogP contribution in [0.5, 0.6) is 0 Å². The number of fused-ring (bicyclic) bond motifs is 1. The summed E-state index contributed by atoms with van der Waals surface area (Å²) in [5.41, 5.74) is 9.53. The molecular weight excluding hydrogens is 571 g/mol. The van der Waals surface area contributed by atoms with Crippen LogP contribution in [-0.4, -0.2) is 7.05 Å². The van der Waals surface area contributed by atoms with E-state index in [1.165, 1.54) is 61.6 Å². The molecule has 0 fully saturated rings. The van der Waals surface area contributed by atoms with Crippen molar-refractivity contribution in [2.75, 3.05) is 12.4 Å². The maximum absolute atomic E-state index is 8.89. The van der Waals surface area contributed by atoms with Crippen LogP contribution in [0.4, 0.5) is 5.69 Å². The predicted molar refractivity (Wildman–Crippen MR) is 210 cm³/mol. The van der Waals surface area contributed by atoms with Gasteiger partial charge in [0.25, 0.3) is 0 Å². The normalized spacial score (nSPS) is 26.7. The van der Waals surface area contributed by atoms with E-state index in [2.05, 4.69) is 131 Å². The molecule has 4 atom stereocenters. The Bertz CT molecular complexity index is 1250. The van der Waals surface area contributed by atoms with Crippen LogP contribution in [0.25, 0.3) is 0 Å². The monoisotopic (exact) mass is 644 g/mol. The third-order valence-corrected chi connectivity index (χ3v) is 12.2. The Labute approximate surface area is 292 Å². The molecule has 3 nitrogen and oxygen atoms in total. The van der Waals surface area contributed by atoms with E-state index in [0.29, 0.717) is 16.7 Å². The minimum atomic E-state index is 0.125. The molecule has 2 aliphatic rings. The summed E-state index contributed by atoms with van der Waals surface area (Å²) in [5, 5.41) is 14.4. The fraction of sp³-hybridized carbons (Fsp3) is 0.659. The molecule has 0 spiro atoms. The van der Waals surface area contributed by atoms with E-state index in [-0.39, 0.29) is 10.8 Å². The minimum absolute atomic E-state index is 0.125. The summed E-state index contributed by atoms with van der Waals surface area (Å²) >= 11 is 0. The van der Waals surface area contributed by atoms with Crippen LogP contribution in [0.15, 0.2) is 66.4 Å². The number of hydrogen-bond donors (Lipinski definition) is 2. The average Bonchev–Trinajstić information content (AvgIpc) is 3.03. The van der Waals surface area contributed by atoms with Gasteiger partial charge in [0, 0.05) is 12.7 Å². The molecule has 0 aromatic heterocycles. The van der Waals surface area contributed by atoms with E-state index in [1.54, 1.807) is 17.3 Å². The molecule has 2 N–H and O–H groups in total. The van der Waals surface area contributed by atoms with Crippen LogP contribution in [0.1, 0.15) is 152 Å². The first-order valence-corrected chi connectivity index (χ1v) is 18.5. The molecule has 2 unspecified atom stereocenters. The lowest BCUT2D eigenvalue weighted by Crippen LogP contribution is -2.44. The summed E-state index contributed by atoms with van der Waals surface area (Å²) in [6.07, 6.45) is 20.8. The molecule has 1 aromatic carbocycles. The Balaban J connectivity index is 0.000000422. The summed E-state index contributed by atoms with van der Waals surface area (Å²) in [7, 11) is 1.81. The second-order valence-electron chi connectivity index (χ2n) is 16.3. The van der Waals surface area contributed by atoms with Crippen LogP contribution < -0.4 is 10.6 Å². The molecule has 0 aliphatic heterocycles. The second kappa shape index (κ2) is 18.7. The zero-order valence-electron chi connectivity index (χ0n) is 33.1. The van der Waals surface area contributed by atoms with Gasteiger partial charge in [0.05, 0.1) is 0 Å². The standard InChI is InChI=1S/C21H38.C20H28N2.C3H7N/c1-16(2)15-19-18(5)11-9-13-21(8,17(3)4)14-10-12-20(19,6)7;1-6-19(4,7-2)18-12-10-15-9-11-16(22-14-21)13-17(15)20(18,5)8-3;1-3-4-2/h15,17H,9-14H2,1-8H3;6,9,11,13,18,22H,1,7-8,10,12H2,2-5H3;3-4H,1H2,2H3/b19-18-;;/t21-;18?,19-,20?;/m10./s1. The summed E-state index contributed by atoms with van der Waals surface area (Å²) in [6, 6.07) is 6.40. The number of rotatable bonds is 8. The molecule has 47 heavy (non-hydrogen) atoms. The summed E-state index contributed by atoms with van der Waals surface area (Å²) in [6.45, 7) is 35.8. The van der Waals surface area contributed by atoms with Crippen molar-refractivity contribution in [2.24, 2.45) is 28.1 Å². The molecule has 3 heteroatoms. The molecule has 264 valence electrons. The van der Waals surface area contributed by atoms with Crippen molar-refractivity contribution in [3.8, 4) is 6.19 Å². The molecule has 0 saturated carbocycles. The first-order chi connectivity index (χ1) is 21.9. The number of nitrogens with zero attached hydrogens (tertiary/aromatic N) is 1. The van der Waals surface area contributed by atoms with Gasteiger partial charge < -0.3 is 5.32 Å². The molecule has 0 amide bonds. The van der Waals surface area contributed by atoms with Gasteiger partial charge >= 0.3 is 0 Å². The quantitative estimate of drug-likeness (QED) is 0.168. The van der Waals surface area contributed by atoms with Crippen molar-refractivity contribution < 1.29 is 0 Å². The molecule has 0 bridgehead atoms. The highest BCUT2D eigenvalue weighted by molar-refractivity contribution is 5.54. The lowest BCUT2D eigenvalue weighted by Gasteiger charge is -2.50. The van der Waals surface area contributed by atoms with Crippen molar-refractivity contribution in [3.63, 3.8) is 0 Å². The highest BCUT2D eigenvalue weighted by Gasteiger charge is 2.46. The Kier molecular flexibility index (Phi) is 16.8. The lowest BCUT2D eigenvalue weighted by atomic mass is 9.54. The molecule has 1 aromatic rings. The zero-order valence-corrected chi connectivity index (χ0v) is 33.1. The van der Waals surface area contributed by atoms with Gasteiger partial charge in [-0.25, -0.2) is 0 Å². The summed E-state index contributed by atoms with van der Waals surface area (Å²) in [4.78, 5) is 0. The number of benzene rings is 1. The maximum atomic E-state index is 8.89. The van der Waals surface area contributed by atoms with Crippen LogP contribution in [0.2, 0.25) is 0 Å². The number of aryl methyl sites for hydroxylation is 1. The van der Waals surface area contributed by atoms with Crippen molar-refractivity contribution in [1.82, 2.24) is 5.32 Å². The Hall–Kier alpha value is -2.73. The van der Waals surface area contributed by atoms with Crippen LogP contribution in [0.3, 0.4) is 0 Å². The van der Waals surface area contributed by atoms with E-state index >= 15 is 0 Å². The minimum Gasteiger partial charge on any atom is -0.394 e. The average molecular weight is 644 g/mol. The largest absolute Gasteiger partial charge is 0.394 e. The highest BCUT2D eigenvalue weighted by Crippen LogP contribution is 2.53. The maximum Gasteiger partial charge on any atom is 0.181 e. The molecule has 3 rings (SSSR count). The van der Waals surface area contributed by atoms with Gasteiger partial charge in [-0.05, 0) is 147 Å². The van der Waals surface area contributed by atoms with E-state index in [0.717, 1.165) is 30.9 Å². The third-order valence-electron chi connectivity index (χ3n) is 12.2. The highest BCUT2D eigenvalue weighted by atomic mass is 14.9. The van der Waals surface area contributed by atoms with E-state index in [1.807, 2.05) is 19.3 Å². The van der Waals surface area contributed by atoms with Gasteiger partial charge in [-0.1, -0.05) is 105 Å². The molecule has 2 aliphatic carbocycles. The van der Waals surface area contributed by atoms with Crippen molar-refractivity contribution >= 4 is 5.69 Å². The van der Waals surface area contributed by atoms with Crippen molar-refractivity contribution in [2.45, 2.75) is 153 Å². The summed E-state index contributed by atoms with van der Waals surface area (Å²) < 4.78 is 0. The molecular formula is C44H73N3. The molecule has 0 saturated heterocycles. The SMILES string of the molecule is C=CNC.C=C[C@@](C)(CC)C1CCc2ccc(NC#N)cc2C1(C)CC.CC(C)=C/C1=C(\C)CCC[C@@](C)(C(C)C)CCCC1(C)C. The third kappa shape index (κ3) is 11.2. The number of nitrogens with one attached hydrogen (secondary N) is 2. The summed E-state index contributed by atoms with van der Waals surface area (Å²) in [5.74, 6) is 1.37. The zero-order chi connectivity index (χ0) is 36.1. The first kappa shape index (κ1) is 42.3. The number of allylic oxidation sites excluding steroid dienone is 5. The van der Waals surface area contributed by atoms with Crippen molar-refractivity contribution in [3.05, 3.63) is 77.6 Å². The molecule has 0 radical (unpaired) electrons. The smallest absolute Gasteiger partial charge is 0.181 e. The van der Waals surface area contributed by atoms with Crippen LogP contribution >= 0.6 is 0 Å². The molecule has 0 heterocycles. The number of nitriles is 1. The van der Waals surface area contributed by atoms with Gasteiger partial charge in [-0.15, -0.1) is 6.58 Å². The van der Waals surface area contributed by atoms with E-state index in [9.17, 15) is 0 Å². The number of anilines is 1. The Morgan fingerprint density at radius 2 is 1.68 bits per heavy atom. The van der Waals surface area contributed by atoms with Gasteiger partial charge in [0.15, 0.2) is 6.19 Å².